The molecule has 0 saturated heterocycles. The second-order valence-corrected chi connectivity index (χ2v) is 4.23. The van der Waals surface area contributed by atoms with Crippen LogP contribution in [0.25, 0.3) is 0 Å². The highest BCUT2D eigenvalue weighted by Crippen LogP contribution is 2.27. The summed E-state index contributed by atoms with van der Waals surface area (Å²) in [5.74, 6) is -0.257. The molecule has 0 aliphatic heterocycles. The van der Waals surface area contributed by atoms with Crippen LogP contribution in [0.4, 0.5) is 4.39 Å². The Bertz CT molecular complexity index is 458. The molecular weight excluding hydrogens is 227 g/mol. The molecule has 84 valence electrons. The molecule has 0 bridgehead atoms. The highest BCUT2D eigenvalue weighted by molar-refractivity contribution is 7.99. The van der Waals surface area contributed by atoms with Crippen LogP contribution in [0.2, 0.25) is 0 Å². The molecule has 0 amide bonds. The number of nitrogens with zero attached hydrogens (tertiary/aromatic N) is 2. The molecule has 1 aromatic carbocycles. The van der Waals surface area contributed by atoms with E-state index >= 15 is 0 Å². The van der Waals surface area contributed by atoms with Crippen molar-refractivity contribution >= 4 is 11.8 Å². The zero-order chi connectivity index (χ0) is 11.4. The maximum absolute atomic E-state index is 13.6. The van der Waals surface area contributed by atoms with E-state index in [-0.39, 0.29) is 5.82 Å². The lowest BCUT2D eigenvalue weighted by atomic mass is 10.1. The first-order valence-electron chi connectivity index (χ1n) is 4.81. The van der Waals surface area contributed by atoms with Gasteiger partial charge in [0.05, 0.1) is 4.90 Å². The minimum Gasteiger partial charge on any atom is -0.330 e. The smallest absolute Gasteiger partial charge is 0.188 e. The van der Waals surface area contributed by atoms with Crippen LogP contribution in [0.3, 0.4) is 0 Å². The molecule has 1 heterocycles. The van der Waals surface area contributed by atoms with Crippen LogP contribution >= 0.6 is 11.8 Å². The lowest BCUT2D eigenvalue weighted by molar-refractivity contribution is 0.599. The lowest BCUT2D eigenvalue weighted by Gasteiger charge is -2.03. The zero-order valence-electron chi connectivity index (χ0n) is 8.48. The lowest BCUT2D eigenvalue weighted by Crippen LogP contribution is -2.02. The van der Waals surface area contributed by atoms with Crippen molar-refractivity contribution in [2.24, 2.45) is 5.73 Å². The minimum atomic E-state index is -0.257. The number of nitrogens with one attached hydrogen (secondary N) is 1. The Morgan fingerprint density at radius 2 is 2.31 bits per heavy atom. The second kappa shape index (κ2) is 5.09. The predicted octanol–water partition coefficient (Wildman–Crippen LogP) is 1.60. The van der Waals surface area contributed by atoms with Gasteiger partial charge in [-0.25, -0.2) is 9.37 Å². The van der Waals surface area contributed by atoms with E-state index in [0.717, 1.165) is 5.56 Å². The Morgan fingerprint density at radius 3 is 2.94 bits per heavy atom. The molecule has 16 heavy (non-hydrogen) atoms. The van der Waals surface area contributed by atoms with Crippen LogP contribution in [0, 0.1) is 5.82 Å². The van der Waals surface area contributed by atoms with Crippen molar-refractivity contribution in [1.29, 1.82) is 0 Å². The maximum Gasteiger partial charge on any atom is 0.188 e. The van der Waals surface area contributed by atoms with Crippen LogP contribution < -0.4 is 5.73 Å². The zero-order valence-corrected chi connectivity index (χ0v) is 9.30. The number of nitrogens with two attached hydrogens (primary N) is 1. The van der Waals surface area contributed by atoms with Crippen LogP contribution in [0.15, 0.2) is 34.6 Å². The van der Waals surface area contributed by atoms with E-state index in [0.29, 0.717) is 23.0 Å². The van der Waals surface area contributed by atoms with Gasteiger partial charge in [-0.15, -0.1) is 0 Å². The van der Waals surface area contributed by atoms with E-state index in [9.17, 15) is 4.39 Å². The number of hydrogen-bond acceptors (Lipinski definition) is 4. The number of aromatic amines is 1. The van der Waals surface area contributed by atoms with Crippen molar-refractivity contribution < 1.29 is 4.39 Å². The average molecular weight is 238 g/mol. The average Bonchev–Trinajstić information content (AvgIpc) is 2.75. The van der Waals surface area contributed by atoms with Gasteiger partial charge in [0.15, 0.2) is 5.16 Å². The standard InChI is InChI=1S/C10H11FN4S/c11-8-5-7(3-4-12)1-2-9(8)16-10-13-6-14-15-10/h1-2,5-6H,3-4,12H2,(H,13,14,15). The molecule has 2 aromatic rings. The molecule has 1 aromatic heterocycles. The summed E-state index contributed by atoms with van der Waals surface area (Å²) < 4.78 is 13.6. The normalized spacial score (nSPS) is 10.6. The Hall–Kier alpha value is -1.40. The van der Waals surface area contributed by atoms with Crippen molar-refractivity contribution in [3.05, 3.63) is 35.9 Å². The number of benzene rings is 1. The fraction of sp³-hybridized carbons (Fsp3) is 0.200. The van der Waals surface area contributed by atoms with Gasteiger partial charge in [-0.1, -0.05) is 6.07 Å². The van der Waals surface area contributed by atoms with E-state index in [1.807, 2.05) is 6.07 Å². The third kappa shape index (κ3) is 2.59. The molecule has 6 heteroatoms. The Kier molecular flexibility index (Phi) is 3.53. The van der Waals surface area contributed by atoms with Crippen LogP contribution in [0.1, 0.15) is 5.56 Å². The monoisotopic (exact) mass is 238 g/mol. The summed E-state index contributed by atoms with van der Waals surface area (Å²) >= 11 is 1.21. The number of rotatable bonds is 4. The van der Waals surface area contributed by atoms with E-state index in [1.165, 1.54) is 24.2 Å². The largest absolute Gasteiger partial charge is 0.330 e. The summed E-state index contributed by atoms with van der Waals surface area (Å²) in [6.07, 6.45) is 2.08. The molecule has 0 aliphatic carbocycles. The summed E-state index contributed by atoms with van der Waals surface area (Å²) in [6.45, 7) is 0.522. The van der Waals surface area contributed by atoms with Gasteiger partial charge in [0, 0.05) is 0 Å². The van der Waals surface area contributed by atoms with E-state index in [4.69, 9.17) is 5.73 Å². The minimum absolute atomic E-state index is 0.257. The van der Waals surface area contributed by atoms with Crippen LogP contribution in [-0.2, 0) is 6.42 Å². The predicted molar refractivity (Wildman–Crippen MR) is 59.7 cm³/mol. The summed E-state index contributed by atoms with van der Waals surface area (Å²) in [5, 5.41) is 6.94. The maximum atomic E-state index is 13.6. The van der Waals surface area contributed by atoms with Gasteiger partial charge < -0.3 is 5.73 Å². The van der Waals surface area contributed by atoms with E-state index in [1.54, 1.807) is 6.07 Å². The van der Waals surface area contributed by atoms with Crippen molar-refractivity contribution in [3.8, 4) is 0 Å². The summed E-state index contributed by atoms with van der Waals surface area (Å²) in [5.41, 5.74) is 6.31. The van der Waals surface area contributed by atoms with Gasteiger partial charge >= 0.3 is 0 Å². The molecule has 0 unspecified atom stereocenters. The molecule has 0 spiro atoms. The topological polar surface area (TPSA) is 67.6 Å². The van der Waals surface area contributed by atoms with Gasteiger partial charge in [0.2, 0.25) is 0 Å². The fourth-order valence-corrected chi connectivity index (χ4v) is 2.00. The highest BCUT2D eigenvalue weighted by atomic mass is 32.2. The van der Waals surface area contributed by atoms with Crippen molar-refractivity contribution in [1.82, 2.24) is 15.2 Å². The molecule has 0 fully saturated rings. The van der Waals surface area contributed by atoms with Gasteiger partial charge in [-0.05, 0) is 42.4 Å². The highest BCUT2D eigenvalue weighted by Gasteiger charge is 2.06. The summed E-state index contributed by atoms with van der Waals surface area (Å²) in [7, 11) is 0. The summed E-state index contributed by atoms with van der Waals surface area (Å²) in [6, 6.07) is 5.10. The quantitative estimate of drug-likeness (QED) is 0.849. The van der Waals surface area contributed by atoms with Gasteiger partial charge in [0.25, 0.3) is 0 Å². The fourth-order valence-electron chi connectivity index (χ4n) is 1.30. The van der Waals surface area contributed by atoms with Gasteiger partial charge in [-0.3, -0.25) is 5.10 Å². The number of H-pyrrole nitrogens is 1. The van der Waals surface area contributed by atoms with Gasteiger partial charge in [-0.2, -0.15) is 5.10 Å². The van der Waals surface area contributed by atoms with E-state index < -0.39 is 0 Å². The SMILES string of the molecule is NCCc1ccc(Sc2ncn[nH]2)c(F)c1. The first-order valence-corrected chi connectivity index (χ1v) is 5.63. The van der Waals surface area contributed by atoms with Crippen LogP contribution in [0.5, 0.6) is 0 Å². The second-order valence-electron chi connectivity index (χ2n) is 3.20. The van der Waals surface area contributed by atoms with Crippen molar-refractivity contribution in [2.75, 3.05) is 6.54 Å². The Labute approximate surface area is 96.5 Å². The Balaban J connectivity index is 2.16. The molecule has 0 saturated carbocycles. The molecule has 0 radical (unpaired) electrons. The number of aromatic nitrogens is 3. The summed E-state index contributed by atoms with van der Waals surface area (Å²) in [4.78, 5) is 4.45. The van der Waals surface area contributed by atoms with Gasteiger partial charge in [0.1, 0.15) is 12.1 Å². The third-order valence-electron chi connectivity index (χ3n) is 2.03. The molecule has 0 atom stereocenters. The number of halogens is 1. The molecule has 0 aliphatic rings. The first-order chi connectivity index (χ1) is 7.79. The van der Waals surface area contributed by atoms with E-state index in [2.05, 4.69) is 15.2 Å². The van der Waals surface area contributed by atoms with Crippen LogP contribution in [-0.4, -0.2) is 21.7 Å². The molecular formula is C10H11FN4S. The number of hydrogen-bond donors (Lipinski definition) is 2. The third-order valence-corrected chi connectivity index (χ3v) is 2.97. The molecule has 3 N–H and O–H groups in total. The Morgan fingerprint density at radius 1 is 1.44 bits per heavy atom. The van der Waals surface area contributed by atoms with Crippen molar-refractivity contribution in [3.63, 3.8) is 0 Å². The molecule has 4 nitrogen and oxygen atoms in total. The molecule has 2 rings (SSSR count). The first kappa shape index (κ1) is 11.1. The van der Waals surface area contributed by atoms with Crippen molar-refractivity contribution in [2.45, 2.75) is 16.5 Å².